The predicted molar refractivity (Wildman–Crippen MR) is 62.0 cm³/mol. The predicted octanol–water partition coefficient (Wildman–Crippen LogP) is 3.73. The van der Waals surface area contributed by atoms with Gasteiger partial charge in [-0.05, 0) is 36.8 Å². The van der Waals surface area contributed by atoms with Crippen molar-refractivity contribution in [3.63, 3.8) is 0 Å². The fourth-order valence-corrected chi connectivity index (χ4v) is 1.87. The van der Waals surface area contributed by atoms with Gasteiger partial charge in [-0.1, -0.05) is 18.2 Å². The first-order chi connectivity index (χ1) is 6.90. The van der Waals surface area contributed by atoms with E-state index in [-0.39, 0.29) is 0 Å². The third kappa shape index (κ3) is 2.10. The summed E-state index contributed by atoms with van der Waals surface area (Å²) >= 11 is 5.64. The Morgan fingerprint density at radius 3 is 2.79 bits per heavy atom. The molecule has 74 valence electrons. The van der Waals surface area contributed by atoms with Crippen molar-refractivity contribution < 1.29 is 0 Å². The summed E-state index contributed by atoms with van der Waals surface area (Å²) in [5, 5.41) is 1.30. The Balaban J connectivity index is 2.11. The van der Waals surface area contributed by atoms with E-state index in [9.17, 15) is 0 Å². The second kappa shape index (κ2) is 4.52. The van der Waals surface area contributed by atoms with Crippen LogP contribution in [-0.2, 0) is 6.42 Å². The molecule has 0 saturated carbocycles. The van der Waals surface area contributed by atoms with Crippen LogP contribution in [-0.4, -0.2) is 10.9 Å². The maximum absolute atomic E-state index is 5.64. The molecule has 0 aliphatic rings. The minimum absolute atomic E-state index is 0.764. The van der Waals surface area contributed by atoms with E-state index in [1.54, 1.807) is 0 Å². The van der Waals surface area contributed by atoms with E-state index < -0.39 is 0 Å². The zero-order valence-corrected chi connectivity index (χ0v) is 8.85. The summed E-state index contributed by atoms with van der Waals surface area (Å²) in [7, 11) is 0. The summed E-state index contributed by atoms with van der Waals surface area (Å²) in [4.78, 5) is 3.41. The normalized spacial score (nSPS) is 10.9. The number of halogens is 1. The Labute approximate surface area is 89.1 Å². The number of hydrogen-bond donors (Lipinski definition) is 1. The van der Waals surface area contributed by atoms with Crippen LogP contribution in [0.25, 0.3) is 10.9 Å². The first kappa shape index (κ1) is 9.60. The number of aromatic amines is 1. The molecule has 1 aromatic carbocycles. The highest BCUT2D eigenvalue weighted by Crippen LogP contribution is 2.15. The Morgan fingerprint density at radius 1 is 1.14 bits per heavy atom. The van der Waals surface area contributed by atoms with Crippen LogP contribution in [0, 0.1) is 0 Å². The van der Waals surface area contributed by atoms with Gasteiger partial charge in [0.15, 0.2) is 0 Å². The SMILES string of the molecule is ClCCCCc1cc2ccccc2[nH]1. The number of aryl methyl sites for hydroxylation is 1. The summed E-state index contributed by atoms with van der Waals surface area (Å²) in [6, 6.07) is 10.6. The lowest BCUT2D eigenvalue weighted by atomic mass is 10.2. The number of rotatable bonds is 4. The van der Waals surface area contributed by atoms with Crippen molar-refractivity contribution >= 4 is 22.5 Å². The number of alkyl halides is 1. The number of benzene rings is 1. The first-order valence-electron chi connectivity index (χ1n) is 5.03. The van der Waals surface area contributed by atoms with Crippen LogP contribution in [0.15, 0.2) is 30.3 Å². The lowest BCUT2D eigenvalue weighted by molar-refractivity contribution is 0.787. The molecule has 2 aromatic rings. The zero-order valence-electron chi connectivity index (χ0n) is 8.09. The summed E-state index contributed by atoms with van der Waals surface area (Å²) in [6.07, 6.45) is 3.36. The minimum Gasteiger partial charge on any atom is -0.358 e. The van der Waals surface area contributed by atoms with E-state index in [0.717, 1.165) is 25.1 Å². The number of aromatic nitrogens is 1. The molecule has 1 heterocycles. The molecule has 1 N–H and O–H groups in total. The van der Waals surface area contributed by atoms with Gasteiger partial charge in [0.2, 0.25) is 0 Å². The van der Waals surface area contributed by atoms with Gasteiger partial charge in [0.1, 0.15) is 0 Å². The van der Waals surface area contributed by atoms with E-state index in [0.29, 0.717) is 0 Å². The molecule has 0 atom stereocenters. The van der Waals surface area contributed by atoms with Crippen molar-refractivity contribution in [3.05, 3.63) is 36.0 Å². The van der Waals surface area contributed by atoms with Gasteiger partial charge in [-0.2, -0.15) is 0 Å². The van der Waals surface area contributed by atoms with Gasteiger partial charge in [0.25, 0.3) is 0 Å². The van der Waals surface area contributed by atoms with Crippen LogP contribution in [0.1, 0.15) is 18.5 Å². The highest BCUT2D eigenvalue weighted by molar-refractivity contribution is 6.17. The second-order valence-corrected chi connectivity index (χ2v) is 3.91. The van der Waals surface area contributed by atoms with Crippen molar-refractivity contribution in [2.45, 2.75) is 19.3 Å². The molecule has 0 radical (unpaired) electrons. The van der Waals surface area contributed by atoms with Crippen LogP contribution < -0.4 is 0 Å². The standard InChI is InChI=1S/C12H14ClN/c13-8-4-3-6-11-9-10-5-1-2-7-12(10)14-11/h1-2,5,7,9,14H,3-4,6,8H2. The molecule has 0 aliphatic heterocycles. The molecule has 1 nitrogen and oxygen atoms in total. The molecular weight excluding hydrogens is 194 g/mol. The van der Waals surface area contributed by atoms with Crippen molar-refractivity contribution in [2.75, 3.05) is 5.88 Å². The molecule has 0 spiro atoms. The van der Waals surface area contributed by atoms with Crippen molar-refractivity contribution in [1.29, 1.82) is 0 Å². The highest BCUT2D eigenvalue weighted by Gasteiger charge is 1.98. The van der Waals surface area contributed by atoms with Gasteiger partial charge < -0.3 is 4.98 Å². The maximum Gasteiger partial charge on any atom is 0.0456 e. The van der Waals surface area contributed by atoms with Gasteiger partial charge in [-0.25, -0.2) is 0 Å². The smallest absolute Gasteiger partial charge is 0.0456 e. The quantitative estimate of drug-likeness (QED) is 0.581. The number of para-hydroxylation sites is 1. The van der Waals surface area contributed by atoms with Gasteiger partial charge >= 0.3 is 0 Å². The van der Waals surface area contributed by atoms with E-state index in [4.69, 9.17) is 11.6 Å². The van der Waals surface area contributed by atoms with Crippen molar-refractivity contribution in [1.82, 2.24) is 4.98 Å². The Bertz CT molecular complexity index is 372. The summed E-state index contributed by atoms with van der Waals surface area (Å²) in [6.45, 7) is 0. The molecule has 0 bridgehead atoms. The highest BCUT2D eigenvalue weighted by atomic mass is 35.5. The molecule has 0 aliphatic carbocycles. The number of unbranched alkanes of at least 4 members (excludes halogenated alkanes) is 1. The van der Waals surface area contributed by atoms with E-state index in [2.05, 4.69) is 35.3 Å². The average Bonchev–Trinajstić information content (AvgIpc) is 2.60. The van der Waals surface area contributed by atoms with Crippen LogP contribution in [0.5, 0.6) is 0 Å². The fraction of sp³-hybridized carbons (Fsp3) is 0.333. The molecule has 0 saturated heterocycles. The molecule has 0 unspecified atom stereocenters. The van der Waals surface area contributed by atoms with Crippen LogP contribution >= 0.6 is 11.6 Å². The lowest BCUT2D eigenvalue weighted by Crippen LogP contribution is -1.85. The molecule has 2 heteroatoms. The van der Waals surface area contributed by atoms with Gasteiger partial charge in [0.05, 0.1) is 0 Å². The Kier molecular flexibility index (Phi) is 3.10. The van der Waals surface area contributed by atoms with Gasteiger partial charge in [-0.15, -0.1) is 11.6 Å². The molecule has 2 rings (SSSR count). The molecule has 1 aromatic heterocycles. The number of H-pyrrole nitrogens is 1. The lowest BCUT2D eigenvalue weighted by Gasteiger charge is -1.94. The third-order valence-electron chi connectivity index (χ3n) is 2.42. The summed E-state index contributed by atoms with van der Waals surface area (Å²) < 4.78 is 0. The zero-order chi connectivity index (χ0) is 9.80. The van der Waals surface area contributed by atoms with Crippen LogP contribution in [0.4, 0.5) is 0 Å². The van der Waals surface area contributed by atoms with Gasteiger partial charge in [-0.3, -0.25) is 0 Å². The van der Waals surface area contributed by atoms with Gasteiger partial charge in [0, 0.05) is 17.1 Å². The number of hydrogen-bond acceptors (Lipinski definition) is 0. The fourth-order valence-electron chi connectivity index (χ4n) is 1.68. The van der Waals surface area contributed by atoms with E-state index in [1.165, 1.54) is 16.6 Å². The van der Waals surface area contributed by atoms with Crippen molar-refractivity contribution in [2.24, 2.45) is 0 Å². The summed E-state index contributed by atoms with van der Waals surface area (Å²) in [5.74, 6) is 0.764. The van der Waals surface area contributed by atoms with E-state index >= 15 is 0 Å². The van der Waals surface area contributed by atoms with Crippen LogP contribution in [0.3, 0.4) is 0 Å². The summed E-state index contributed by atoms with van der Waals surface area (Å²) in [5.41, 5.74) is 2.55. The molecule has 0 amide bonds. The van der Waals surface area contributed by atoms with Crippen molar-refractivity contribution in [3.8, 4) is 0 Å². The topological polar surface area (TPSA) is 15.8 Å². The molecular formula is C12H14ClN. The monoisotopic (exact) mass is 207 g/mol. The van der Waals surface area contributed by atoms with E-state index in [1.807, 2.05) is 0 Å². The largest absolute Gasteiger partial charge is 0.358 e. The third-order valence-corrected chi connectivity index (χ3v) is 2.68. The molecule has 0 fully saturated rings. The van der Waals surface area contributed by atoms with Crippen LogP contribution in [0.2, 0.25) is 0 Å². The molecule has 14 heavy (non-hydrogen) atoms. The Hall–Kier alpha value is -0.950. The number of nitrogens with one attached hydrogen (secondary N) is 1. The average molecular weight is 208 g/mol. The minimum atomic E-state index is 0.764. The second-order valence-electron chi connectivity index (χ2n) is 3.53. The maximum atomic E-state index is 5.64. The first-order valence-corrected chi connectivity index (χ1v) is 5.56. The number of fused-ring (bicyclic) bond motifs is 1. The Morgan fingerprint density at radius 2 is 2.00 bits per heavy atom.